The molecular formula is C27H47FO2. The van der Waals surface area contributed by atoms with Crippen molar-refractivity contribution in [2.75, 3.05) is 6.61 Å². The molecule has 0 aromatic heterocycles. The molecule has 0 aliphatic rings. The molecule has 0 aliphatic carbocycles. The third kappa shape index (κ3) is 12.6. The SMILES string of the molecule is CCCCCCCCCCOc1ccc(C(C)CCC(O)CCCCCC)c(F)c1. The van der Waals surface area contributed by atoms with Gasteiger partial charge >= 0.3 is 0 Å². The highest BCUT2D eigenvalue weighted by Crippen LogP contribution is 2.27. The van der Waals surface area contributed by atoms with Crippen molar-refractivity contribution in [3.8, 4) is 5.75 Å². The van der Waals surface area contributed by atoms with Crippen LogP contribution in [0.3, 0.4) is 0 Å². The summed E-state index contributed by atoms with van der Waals surface area (Å²) in [6, 6.07) is 5.27. The molecule has 2 nitrogen and oxygen atoms in total. The fourth-order valence-corrected chi connectivity index (χ4v) is 3.97. The Morgan fingerprint density at radius 2 is 1.40 bits per heavy atom. The van der Waals surface area contributed by atoms with Crippen molar-refractivity contribution >= 4 is 0 Å². The summed E-state index contributed by atoms with van der Waals surface area (Å²) < 4.78 is 20.3. The summed E-state index contributed by atoms with van der Waals surface area (Å²) in [6.07, 6.45) is 17.0. The number of aliphatic hydroxyl groups is 1. The monoisotopic (exact) mass is 422 g/mol. The second-order valence-electron chi connectivity index (χ2n) is 8.99. The van der Waals surface area contributed by atoms with Crippen LogP contribution in [0.5, 0.6) is 5.75 Å². The number of aliphatic hydroxyl groups excluding tert-OH is 1. The first-order valence-electron chi connectivity index (χ1n) is 12.7. The van der Waals surface area contributed by atoms with Crippen molar-refractivity contribution < 1.29 is 14.2 Å². The molecule has 0 fully saturated rings. The zero-order valence-corrected chi connectivity index (χ0v) is 19.9. The molecule has 0 heterocycles. The van der Waals surface area contributed by atoms with E-state index in [4.69, 9.17) is 4.74 Å². The molecule has 174 valence electrons. The van der Waals surface area contributed by atoms with Crippen molar-refractivity contribution in [3.05, 3.63) is 29.6 Å². The minimum atomic E-state index is -0.262. The number of unbranched alkanes of at least 4 members (excludes halogenated alkanes) is 10. The lowest BCUT2D eigenvalue weighted by Crippen LogP contribution is -2.09. The van der Waals surface area contributed by atoms with Crippen molar-refractivity contribution in [1.29, 1.82) is 0 Å². The summed E-state index contributed by atoms with van der Waals surface area (Å²) in [6.45, 7) is 7.14. The van der Waals surface area contributed by atoms with Gasteiger partial charge in [-0.25, -0.2) is 4.39 Å². The van der Waals surface area contributed by atoms with Gasteiger partial charge in [0, 0.05) is 6.07 Å². The van der Waals surface area contributed by atoms with Crippen LogP contribution in [0.1, 0.15) is 129 Å². The summed E-state index contributed by atoms with van der Waals surface area (Å²) in [5.74, 6) is 0.549. The molecule has 2 unspecified atom stereocenters. The first-order chi connectivity index (χ1) is 14.6. The van der Waals surface area contributed by atoms with Crippen LogP contribution in [0.4, 0.5) is 4.39 Å². The van der Waals surface area contributed by atoms with E-state index in [1.165, 1.54) is 70.3 Å². The highest BCUT2D eigenvalue weighted by molar-refractivity contribution is 5.30. The number of halogens is 1. The van der Waals surface area contributed by atoms with Gasteiger partial charge in [-0.15, -0.1) is 0 Å². The predicted molar refractivity (Wildman–Crippen MR) is 127 cm³/mol. The number of hydrogen-bond donors (Lipinski definition) is 1. The number of ether oxygens (including phenoxy) is 1. The molecule has 2 atom stereocenters. The Labute approximate surface area is 185 Å². The van der Waals surface area contributed by atoms with E-state index < -0.39 is 0 Å². The van der Waals surface area contributed by atoms with E-state index in [0.29, 0.717) is 12.4 Å². The van der Waals surface area contributed by atoms with Gasteiger partial charge in [-0.1, -0.05) is 97.5 Å². The van der Waals surface area contributed by atoms with E-state index in [9.17, 15) is 9.50 Å². The molecule has 30 heavy (non-hydrogen) atoms. The van der Waals surface area contributed by atoms with E-state index in [1.807, 2.05) is 19.1 Å². The maximum Gasteiger partial charge on any atom is 0.130 e. The zero-order valence-electron chi connectivity index (χ0n) is 19.9. The predicted octanol–water partition coefficient (Wildman–Crippen LogP) is 8.56. The Morgan fingerprint density at radius 3 is 2.03 bits per heavy atom. The molecule has 0 radical (unpaired) electrons. The highest BCUT2D eigenvalue weighted by Gasteiger charge is 2.14. The summed E-state index contributed by atoms with van der Waals surface area (Å²) >= 11 is 0. The molecule has 0 spiro atoms. The smallest absolute Gasteiger partial charge is 0.130 e. The van der Waals surface area contributed by atoms with Gasteiger partial charge in [0.05, 0.1) is 12.7 Å². The Morgan fingerprint density at radius 1 is 0.800 bits per heavy atom. The van der Waals surface area contributed by atoms with Gasteiger partial charge in [-0.3, -0.25) is 0 Å². The van der Waals surface area contributed by atoms with Crippen LogP contribution in [0.2, 0.25) is 0 Å². The molecule has 0 amide bonds. The molecule has 1 N–H and O–H groups in total. The number of rotatable bonds is 19. The molecule has 0 aliphatic heterocycles. The van der Waals surface area contributed by atoms with Gasteiger partial charge in [0.25, 0.3) is 0 Å². The van der Waals surface area contributed by atoms with E-state index in [-0.39, 0.29) is 17.8 Å². The molecular weight excluding hydrogens is 375 g/mol. The summed E-state index contributed by atoms with van der Waals surface area (Å²) in [4.78, 5) is 0. The van der Waals surface area contributed by atoms with Gasteiger partial charge < -0.3 is 9.84 Å². The summed E-state index contributed by atoms with van der Waals surface area (Å²) in [5.41, 5.74) is 0.729. The van der Waals surface area contributed by atoms with Crippen molar-refractivity contribution in [3.63, 3.8) is 0 Å². The molecule has 1 rings (SSSR count). The fourth-order valence-electron chi connectivity index (χ4n) is 3.97. The second kappa shape index (κ2) is 17.6. The fraction of sp³-hybridized carbons (Fsp3) is 0.778. The van der Waals surface area contributed by atoms with Gasteiger partial charge in [-0.2, -0.15) is 0 Å². The Kier molecular flexibility index (Phi) is 15.8. The topological polar surface area (TPSA) is 29.5 Å². The van der Waals surface area contributed by atoms with Gasteiger partial charge in [0.2, 0.25) is 0 Å². The van der Waals surface area contributed by atoms with Crippen LogP contribution in [0.15, 0.2) is 18.2 Å². The third-order valence-electron chi connectivity index (χ3n) is 6.09. The lowest BCUT2D eigenvalue weighted by atomic mass is 9.93. The minimum absolute atomic E-state index is 0.108. The van der Waals surface area contributed by atoms with Crippen molar-refractivity contribution in [2.45, 2.75) is 129 Å². The second-order valence-corrected chi connectivity index (χ2v) is 8.99. The Balaban J connectivity index is 2.23. The maximum atomic E-state index is 14.5. The van der Waals surface area contributed by atoms with Crippen LogP contribution < -0.4 is 4.74 Å². The lowest BCUT2D eigenvalue weighted by Gasteiger charge is -2.17. The minimum Gasteiger partial charge on any atom is -0.493 e. The van der Waals surface area contributed by atoms with E-state index in [2.05, 4.69) is 13.8 Å². The van der Waals surface area contributed by atoms with E-state index >= 15 is 0 Å². The molecule has 0 saturated heterocycles. The molecule has 1 aromatic carbocycles. The standard InChI is InChI=1S/C27H47FO2/c1-4-6-8-10-11-12-13-15-21-30-25-19-20-26(27(28)22-25)23(3)17-18-24(29)16-14-9-7-5-2/h19-20,22-24,29H,4-18,21H2,1-3H3. The van der Waals surface area contributed by atoms with Crippen LogP contribution >= 0.6 is 0 Å². The average Bonchev–Trinajstić information content (AvgIpc) is 2.74. The highest BCUT2D eigenvalue weighted by atomic mass is 19.1. The molecule has 0 bridgehead atoms. The van der Waals surface area contributed by atoms with Crippen LogP contribution in [-0.4, -0.2) is 17.8 Å². The molecule has 3 heteroatoms. The van der Waals surface area contributed by atoms with Crippen molar-refractivity contribution in [1.82, 2.24) is 0 Å². The third-order valence-corrected chi connectivity index (χ3v) is 6.09. The number of hydrogen-bond acceptors (Lipinski definition) is 2. The zero-order chi connectivity index (χ0) is 22.0. The number of benzene rings is 1. The quantitative estimate of drug-likeness (QED) is 0.226. The lowest BCUT2D eigenvalue weighted by molar-refractivity contribution is 0.146. The van der Waals surface area contributed by atoms with Crippen LogP contribution in [0.25, 0.3) is 0 Å². The Hall–Kier alpha value is -1.09. The maximum absolute atomic E-state index is 14.5. The largest absolute Gasteiger partial charge is 0.493 e. The van der Waals surface area contributed by atoms with E-state index in [0.717, 1.165) is 37.7 Å². The van der Waals surface area contributed by atoms with Gasteiger partial charge in [0.1, 0.15) is 11.6 Å². The Bertz CT molecular complexity index is 532. The average molecular weight is 423 g/mol. The van der Waals surface area contributed by atoms with Crippen molar-refractivity contribution in [2.24, 2.45) is 0 Å². The van der Waals surface area contributed by atoms with Crippen LogP contribution in [-0.2, 0) is 0 Å². The molecule has 1 aromatic rings. The summed E-state index contributed by atoms with van der Waals surface area (Å²) in [5, 5.41) is 10.2. The summed E-state index contributed by atoms with van der Waals surface area (Å²) in [7, 11) is 0. The first kappa shape index (κ1) is 26.9. The molecule has 0 saturated carbocycles. The van der Waals surface area contributed by atoms with Crippen LogP contribution in [0, 0.1) is 5.82 Å². The first-order valence-corrected chi connectivity index (χ1v) is 12.7. The van der Waals surface area contributed by atoms with Gasteiger partial charge in [-0.05, 0) is 43.2 Å². The van der Waals surface area contributed by atoms with E-state index in [1.54, 1.807) is 0 Å². The van der Waals surface area contributed by atoms with Gasteiger partial charge in [0.15, 0.2) is 0 Å². The normalized spacial score (nSPS) is 13.4.